The largest absolute Gasteiger partial charge is 0.179 e. The zero-order valence-electron chi connectivity index (χ0n) is 8.53. The lowest BCUT2D eigenvalue weighted by Crippen LogP contribution is -2.24. The Morgan fingerprint density at radius 3 is 2.50 bits per heavy atom. The molecule has 0 radical (unpaired) electrons. The maximum absolute atomic E-state index is 4.48. The molecule has 3 aliphatic carbocycles. The summed E-state index contributed by atoms with van der Waals surface area (Å²) >= 11 is 7.09. The Kier molecular flexibility index (Phi) is 2.80. The van der Waals surface area contributed by atoms with E-state index in [0.717, 1.165) is 41.3 Å². The molecule has 2 heteroatoms. The smallest absolute Gasteiger partial charge is 0.00265 e. The Labute approximate surface area is 106 Å². The summed E-state index contributed by atoms with van der Waals surface area (Å²) in [6, 6.07) is 0. The predicted molar refractivity (Wildman–Crippen MR) is 72.1 cm³/mol. The maximum Gasteiger partial charge on any atom is 0.00265 e. The van der Waals surface area contributed by atoms with Gasteiger partial charge in [0.2, 0.25) is 0 Å². The van der Waals surface area contributed by atoms with Gasteiger partial charge < -0.3 is 0 Å². The van der Waals surface area contributed by atoms with Crippen LogP contribution in [0.2, 0.25) is 0 Å². The van der Waals surface area contributed by atoms with Crippen LogP contribution < -0.4 is 0 Å². The van der Waals surface area contributed by atoms with Gasteiger partial charge in [0.15, 0.2) is 0 Å². The normalized spacial score (nSPS) is 55.3. The summed E-state index contributed by atoms with van der Waals surface area (Å²) in [5.41, 5.74) is 0. The SMILES string of the molecule is SCC1CC2C3CC(CI)C(C3)C2C1. The minimum atomic E-state index is 0.964. The molecule has 3 aliphatic rings. The van der Waals surface area contributed by atoms with E-state index < -0.39 is 0 Å². The molecular weight excluding hydrogens is 303 g/mol. The second kappa shape index (κ2) is 3.83. The summed E-state index contributed by atoms with van der Waals surface area (Å²) in [7, 11) is 0. The van der Waals surface area contributed by atoms with Gasteiger partial charge in [-0.05, 0) is 66.9 Å². The molecule has 80 valence electrons. The van der Waals surface area contributed by atoms with E-state index in [0.29, 0.717) is 0 Å². The average Bonchev–Trinajstić information content (AvgIpc) is 2.87. The van der Waals surface area contributed by atoms with E-state index in [4.69, 9.17) is 0 Å². The van der Waals surface area contributed by atoms with Crippen LogP contribution in [-0.4, -0.2) is 10.2 Å². The summed E-state index contributed by atoms with van der Waals surface area (Å²) in [4.78, 5) is 0. The molecule has 0 N–H and O–H groups in total. The van der Waals surface area contributed by atoms with E-state index in [-0.39, 0.29) is 0 Å². The Hall–Kier alpha value is 1.08. The van der Waals surface area contributed by atoms with Crippen molar-refractivity contribution in [1.29, 1.82) is 0 Å². The van der Waals surface area contributed by atoms with Gasteiger partial charge in [0.05, 0.1) is 0 Å². The van der Waals surface area contributed by atoms with Gasteiger partial charge >= 0.3 is 0 Å². The molecule has 0 nitrogen and oxygen atoms in total. The van der Waals surface area contributed by atoms with E-state index >= 15 is 0 Å². The highest BCUT2D eigenvalue weighted by Gasteiger charge is 2.54. The van der Waals surface area contributed by atoms with Crippen LogP contribution in [0.4, 0.5) is 0 Å². The lowest BCUT2D eigenvalue weighted by Gasteiger charge is -2.30. The van der Waals surface area contributed by atoms with Gasteiger partial charge in [0, 0.05) is 4.43 Å². The second-order valence-electron chi connectivity index (χ2n) is 5.66. The molecule has 14 heavy (non-hydrogen) atoms. The summed E-state index contributed by atoms with van der Waals surface area (Å²) in [5, 5.41) is 0. The standard InChI is InChI=1S/C12H19IS/c13-5-9-3-8-4-11(9)12-2-7(6-14)1-10(8)12/h7-12,14H,1-6H2. The van der Waals surface area contributed by atoms with E-state index in [1.807, 2.05) is 0 Å². The van der Waals surface area contributed by atoms with E-state index in [1.165, 1.54) is 17.3 Å². The molecule has 0 spiro atoms. The summed E-state index contributed by atoms with van der Waals surface area (Å²) in [6.07, 6.45) is 6.18. The van der Waals surface area contributed by atoms with Crippen LogP contribution in [0, 0.1) is 35.5 Å². The Morgan fingerprint density at radius 1 is 1.00 bits per heavy atom. The zero-order chi connectivity index (χ0) is 9.71. The molecule has 0 saturated heterocycles. The van der Waals surface area contributed by atoms with Crippen LogP contribution in [0.15, 0.2) is 0 Å². The van der Waals surface area contributed by atoms with Gasteiger partial charge in [-0.15, -0.1) is 0 Å². The lowest BCUT2D eigenvalue weighted by atomic mass is 9.76. The third-order valence-corrected chi connectivity index (χ3v) is 6.81. The third kappa shape index (κ3) is 1.39. The molecule has 3 fully saturated rings. The molecule has 0 aromatic rings. The highest BCUT2D eigenvalue weighted by atomic mass is 127. The fourth-order valence-electron chi connectivity index (χ4n) is 4.65. The van der Waals surface area contributed by atoms with Gasteiger partial charge in [0.1, 0.15) is 0 Å². The van der Waals surface area contributed by atoms with Crippen molar-refractivity contribution in [1.82, 2.24) is 0 Å². The van der Waals surface area contributed by atoms with Crippen LogP contribution >= 0.6 is 35.2 Å². The summed E-state index contributed by atoms with van der Waals surface area (Å²) in [6.45, 7) is 0. The number of hydrogen-bond donors (Lipinski definition) is 1. The van der Waals surface area contributed by atoms with Gasteiger partial charge in [-0.3, -0.25) is 0 Å². The maximum atomic E-state index is 4.48. The highest BCUT2D eigenvalue weighted by molar-refractivity contribution is 14.1. The number of hydrogen-bond acceptors (Lipinski definition) is 1. The van der Waals surface area contributed by atoms with Gasteiger partial charge in [-0.25, -0.2) is 0 Å². The number of halogens is 1. The van der Waals surface area contributed by atoms with Crippen molar-refractivity contribution in [2.24, 2.45) is 35.5 Å². The van der Waals surface area contributed by atoms with Crippen molar-refractivity contribution in [2.75, 3.05) is 10.2 Å². The summed E-state index contributed by atoms with van der Waals surface area (Å²) < 4.78 is 1.41. The van der Waals surface area contributed by atoms with Crippen molar-refractivity contribution < 1.29 is 0 Å². The number of fused-ring (bicyclic) bond motifs is 5. The molecule has 0 aromatic heterocycles. The van der Waals surface area contributed by atoms with Crippen molar-refractivity contribution >= 4 is 35.2 Å². The van der Waals surface area contributed by atoms with Crippen LogP contribution in [-0.2, 0) is 0 Å². The fraction of sp³-hybridized carbons (Fsp3) is 1.00. The minimum Gasteiger partial charge on any atom is -0.179 e. The third-order valence-electron chi connectivity index (χ3n) is 5.16. The van der Waals surface area contributed by atoms with Crippen molar-refractivity contribution in [3.63, 3.8) is 0 Å². The number of alkyl halides is 1. The first-order valence-electron chi connectivity index (χ1n) is 6.00. The molecule has 0 heterocycles. The Bertz CT molecular complexity index is 228. The van der Waals surface area contributed by atoms with E-state index in [2.05, 4.69) is 35.2 Å². The molecule has 6 atom stereocenters. The molecule has 0 amide bonds. The first kappa shape index (κ1) is 10.2. The monoisotopic (exact) mass is 322 g/mol. The van der Waals surface area contributed by atoms with E-state index in [1.54, 1.807) is 12.8 Å². The minimum absolute atomic E-state index is 0.964. The second-order valence-corrected chi connectivity index (χ2v) is 6.90. The van der Waals surface area contributed by atoms with Crippen LogP contribution in [0.5, 0.6) is 0 Å². The van der Waals surface area contributed by atoms with Crippen LogP contribution in [0.1, 0.15) is 25.7 Å². The lowest BCUT2D eigenvalue weighted by molar-refractivity contribution is 0.206. The fourth-order valence-corrected chi connectivity index (χ4v) is 5.96. The quantitative estimate of drug-likeness (QED) is 0.448. The molecule has 6 unspecified atom stereocenters. The first-order valence-corrected chi connectivity index (χ1v) is 8.16. The molecule has 0 aromatic carbocycles. The molecule has 3 rings (SSSR count). The number of thiol groups is 1. The van der Waals surface area contributed by atoms with Crippen molar-refractivity contribution in [2.45, 2.75) is 25.7 Å². The molecule has 3 saturated carbocycles. The Balaban J connectivity index is 1.75. The van der Waals surface area contributed by atoms with Crippen molar-refractivity contribution in [3.05, 3.63) is 0 Å². The van der Waals surface area contributed by atoms with Crippen LogP contribution in [0.3, 0.4) is 0 Å². The zero-order valence-corrected chi connectivity index (χ0v) is 11.6. The molecular formula is C12H19IS. The van der Waals surface area contributed by atoms with Crippen LogP contribution in [0.25, 0.3) is 0 Å². The number of rotatable bonds is 2. The van der Waals surface area contributed by atoms with Gasteiger partial charge in [-0.2, -0.15) is 12.6 Å². The topological polar surface area (TPSA) is 0 Å². The molecule has 0 aliphatic heterocycles. The molecule has 2 bridgehead atoms. The van der Waals surface area contributed by atoms with Crippen molar-refractivity contribution in [3.8, 4) is 0 Å². The Morgan fingerprint density at radius 2 is 1.79 bits per heavy atom. The predicted octanol–water partition coefficient (Wildman–Crippen LogP) is 3.65. The van der Waals surface area contributed by atoms with Gasteiger partial charge in [0.25, 0.3) is 0 Å². The highest BCUT2D eigenvalue weighted by Crippen LogP contribution is 2.62. The van der Waals surface area contributed by atoms with Gasteiger partial charge in [-0.1, -0.05) is 22.6 Å². The average molecular weight is 322 g/mol. The summed E-state index contributed by atoms with van der Waals surface area (Å²) in [5.74, 6) is 7.66. The first-order chi connectivity index (χ1) is 6.83. The van der Waals surface area contributed by atoms with E-state index in [9.17, 15) is 0 Å².